The maximum atomic E-state index is 5.73. The van der Waals surface area contributed by atoms with Gasteiger partial charge in [0.2, 0.25) is 5.96 Å². The Hall–Kier alpha value is -2.83. The maximum absolute atomic E-state index is 5.73. The average molecular weight is 380 g/mol. The van der Waals surface area contributed by atoms with E-state index in [0.717, 1.165) is 36.1 Å². The molecule has 0 amide bonds. The second-order valence-corrected chi connectivity index (χ2v) is 7.10. The summed E-state index contributed by atoms with van der Waals surface area (Å²) in [6.45, 7) is 4.42. The Kier molecular flexibility index (Phi) is 7.06. The fraction of sp³-hybridized carbons (Fsp3) is 0.318. The molecule has 3 N–H and O–H groups in total. The van der Waals surface area contributed by atoms with E-state index in [1.54, 1.807) is 0 Å². The number of nitrogens with one attached hydrogen (secondary N) is 3. The van der Waals surface area contributed by atoms with E-state index >= 15 is 0 Å². The number of rotatable bonds is 8. The highest BCUT2D eigenvalue weighted by Gasteiger charge is 2.16. The van der Waals surface area contributed by atoms with Gasteiger partial charge in [-0.15, -0.1) is 0 Å². The summed E-state index contributed by atoms with van der Waals surface area (Å²) in [5.74, 6) is 1.58. The van der Waals surface area contributed by atoms with Gasteiger partial charge in [-0.05, 0) is 56.4 Å². The van der Waals surface area contributed by atoms with E-state index in [1.165, 1.54) is 5.56 Å². The summed E-state index contributed by atoms with van der Waals surface area (Å²) < 4.78 is 5.73. The summed E-state index contributed by atoms with van der Waals surface area (Å²) in [5.41, 5.74) is 3.35. The van der Waals surface area contributed by atoms with Gasteiger partial charge < -0.3 is 20.3 Å². The standard InChI is InChI=1S/C22H29N5O/c1-17-15-24-22(26-21(17)23-16-18-7-5-4-6-8-18)25-19-9-11-20(12-10-19)28-14-13-27(2)3/h4-12,15,21,23H,13-14,16H2,1-3H3,(H2,24,25,26). The molecule has 3 rings (SSSR count). The topological polar surface area (TPSA) is 60.9 Å². The highest BCUT2D eigenvalue weighted by molar-refractivity contribution is 5.95. The molecule has 2 aromatic rings. The fourth-order valence-corrected chi connectivity index (χ4v) is 2.74. The molecule has 6 nitrogen and oxygen atoms in total. The van der Waals surface area contributed by atoms with E-state index in [-0.39, 0.29) is 6.17 Å². The fourth-order valence-electron chi connectivity index (χ4n) is 2.74. The predicted octanol–water partition coefficient (Wildman–Crippen LogP) is 3.02. The Labute approximate surface area is 167 Å². The number of benzene rings is 2. The van der Waals surface area contributed by atoms with Gasteiger partial charge >= 0.3 is 0 Å². The first kappa shape index (κ1) is 19.9. The quantitative estimate of drug-likeness (QED) is 0.658. The maximum Gasteiger partial charge on any atom is 0.201 e. The average Bonchev–Trinajstić information content (AvgIpc) is 2.70. The van der Waals surface area contributed by atoms with Gasteiger partial charge in [-0.3, -0.25) is 5.32 Å². The number of aliphatic imine (C=N–C) groups is 1. The van der Waals surface area contributed by atoms with Crippen LogP contribution in [-0.4, -0.2) is 44.3 Å². The van der Waals surface area contributed by atoms with Crippen LogP contribution in [0.5, 0.6) is 5.75 Å². The van der Waals surface area contributed by atoms with Crippen LogP contribution in [0.15, 0.2) is 71.4 Å². The molecule has 0 bridgehead atoms. The minimum absolute atomic E-state index is 0.0360. The summed E-state index contributed by atoms with van der Waals surface area (Å²) in [5, 5.41) is 10.2. The molecular formula is C22H29N5O. The minimum atomic E-state index is 0.0360. The third kappa shape index (κ3) is 6.11. The molecule has 1 aliphatic rings. The van der Waals surface area contributed by atoms with E-state index in [1.807, 2.05) is 50.6 Å². The zero-order valence-electron chi connectivity index (χ0n) is 16.8. The van der Waals surface area contributed by atoms with Gasteiger partial charge in [-0.25, -0.2) is 4.99 Å². The van der Waals surface area contributed by atoms with Crippen molar-refractivity contribution in [2.45, 2.75) is 19.6 Å². The lowest BCUT2D eigenvalue weighted by Crippen LogP contribution is -2.49. The van der Waals surface area contributed by atoms with Crippen molar-refractivity contribution in [1.82, 2.24) is 15.5 Å². The SMILES string of the molecule is CC1=CN=C(Nc2ccc(OCCN(C)C)cc2)NC1NCc1ccccc1. The molecule has 1 aliphatic heterocycles. The van der Waals surface area contributed by atoms with Crippen molar-refractivity contribution in [3.63, 3.8) is 0 Å². The number of anilines is 1. The molecule has 2 aromatic carbocycles. The number of hydrogen-bond donors (Lipinski definition) is 3. The van der Waals surface area contributed by atoms with Crippen molar-refractivity contribution in [2.24, 2.45) is 4.99 Å². The largest absolute Gasteiger partial charge is 0.492 e. The Morgan fingerprint density at radius 2 is 1.82 bits per heavy atom. The molecule has 28 heavy (non-hydrogen) atoms. The van der Waals surface area contributed by atoms with Crippen molar-refractivity contribution in [3.05, 3.63) is 71.9 Å². The molecule has 0 spiro atoms. The summed E-state index contributed by atoms with van der Waals surface area (Å²) in [6.07, 6.45) is 1.93. The highest BCUT2D eigenvalue weighted by Crippen LogP contribution is 2.16. The van der Waals surface area contributed by atoms with Gasteiger partial charge in [-0.2, -0.15) is 0 Å². The number of hydrogen-bond acceptors (Lipinski definition) is 6. The summed E-state index contributed by atoms with van der Waals surface area (Å²) >= 11 is 0. The second-order valence-electron chi connectivity index (χ2n) is 7.10. The zero-order valence-corrected chi connectivity index (χ0v) is 16.8. The molecule has 1 atom stereocenters. The number of likely N-dealkylation sites (N-methyl/N-ethyl adjacent to an activating group) is 1. The first-order valence-electron chi connectivity index (χ1n) is 9.53. The van der Waals surface area contributed by atoms with Crippen LogP contribution >= 0.6 is 0 Å². The van der Waals surface area contributed by atoms with Gasteiger partial charge in [-0.1, -0.05) is 30.3 Å². The molecule has 0 aromatic heterocycles. The first-order valence-corrected chi connectivity index (χ1v) is 9.53. The van der Waals surface area contributed by atoms with Crippen LogP contribution in [0.2, 0.25) is 0 Å². The molecule has 0 saturated heterocycles. The van der Waals surface area contributed by atoms with Crippen LogP contribution in [0.1, 0.15) is 12.5 Å². The first-order chi connectivity index (χ1) is 13.6. The van der Waals surface area contributed by atoms with E-state index in [2.05, 4.69) is 57.0 Å². The lowest BCUT2D eigenvalue weighted by Gasteiger charge is -2.26. The van der Waals surface area contributed by atoms with Crippen LogP contribution in [0.3, 0.4) is 0 Å². The summed E-state index contributed by atoms with van der Waals surface area (Å²) in [4.78, 5) is 6.56. The highest BCUT2D eigenvalue weighted by atomic mass is 16.5. The van der Waals surface area contributed by atoms with Crippen molar-refractivity contribution < 1.29 is 4.74 Å². The van der Waals surface area contributed by atoms with E-state index < -0.39 is 0 Å². The molecule has 0 saturated carbocycles. The Balaban J connectivity index is 1.51. The van der Waals surface area contributed by atoms with Crippen molar-refractivity contribution in [3.8, 4) is 5.75 Å². The third-order valence-electron chi connectivity index (χ3n) is 4.41. The predicted molar refractivity (Wildman–Crippen MR) is 116 cm³/mol. The second kappa shape index (κ2) is 9.92. The minimum Gasteiger partial charge on any atom is -0.492 e. The molecule has 6 heteroatoms. The van der Waals surface area contributed by atoms with Gasteiger partial charge in [0.15, 0.2) is 0 Å². The Morgan fingerprint density at radius 3 is 2.54 bits per heavy atom. The van der Waals surface area contributed by atoms with Crippen LogP contribution in [0.4, 0.5) is 5.69 Å². The van der Waals surface area contributed by atoms with Gasteiger partial charge in [0.05, 0.1) is 0 Å². The lowest BCUT2D eigenvalue weighted by molar-refractivity contribution is 0.261. The van der Waals surface area contributed by atoms with Crippen molar-refractivity contribution >= 4 is 11.6 Å². The van der Waals surface area contributed by atoms with Crippen LogP contribution in [0, 0.1) is 0 Å². The Bertz CT molecular complexity index is 799. The summed E-state index contributed by atoms with van der Waals surface area (Å²) in [6, 6.07) is 18.3. The smallest absolute Gasteiger partial charge is 0.201 e. The van der Waals surface area contributed by atoms with Crippen molar-refractivity contribution in [1.29, 1.82) is 0 Å². The van der Waals surface area contributed by atoms with Gasteiger partial charge in [0, 0.05) is 25.0 Å². The zero-order chi connectivity index (χ0) is 19.8. The van der Waals surface area contributed by atoms with Gasteiger partial charge in [0.25, 0.3) is 0 Å². The van der Waals surface area contributed by atoms with E-state index in [0.29, 0.717) is 6.61 Å². The van der Waals surface area contributed by atoms with Crippen LogP contribution in [-0.2, 0) is 6.54 Å². The molecule has 1 heterocycles. The summed E-state index contributed by atoms with van der Waals surface area (Å²) in [7, 11) is 4.07. The number of nitrogens with zero attached hydrogens (tertiary/aromatic N) is 2. The lowest BCUT2D eigenvalue weighted by atomic mass is 10.2. The molecule has 1 unspecified atom stereocenters. The van der Waals surface area contributed by atoms with Crippen molar-refractivity contribution in [2.75, 3.05) is 32.6 Å². The molecule has 0 aliphatic carbocycles. The van der Waals surface area contributed by atoms with Crippen LogP contribution in [0.25, 0.3) is 0 Å². The molecular weight excluding hydrogens is 350 g/mol. The molecule has 0 radical (unpaired) electrons. The van der Waals surface area contributed by atoms with E-state index in [4.69, 9.17) is 4.74 Å². The van der Waals surface area contributed by atoms with Crippen LogP contribution < -0.4 is 20.7 Å². The molecule has 0 fully saturated rings. The van der Waals surface area contributed by atoms with E-state index in [9.17, 15) is 0 Å². The normalized spacial score (nSPS) is 16.2. The Morgan fingerprint density at radius 1 is 1.07 bits per heavy atom. The number of ether oxygens (including phenoxy) is 1. The molecule has 148 valence electrons. The number of guanidine groups is 1. The van der Waals surface area contributed by atoms with Gasteiger partial charge in [0.1, 0.15) is 18.5 Å². The monoisotopic (exact) mass is 379 g/mol. The third-order valence-corrected chi connectivity index (χ3v) is 4.41.